The van der Waals surface area contributed by atoms with Crippen molar-refractivity contribution in [2.75, 3.05) is 26.1 Å². The Morgan fingerprint density at radius 1 is 1.16 bits per heavy atom. The lowest BCUT2D eigenvalue weighted by atomic mass is 9.86. The third kappa shape index (κ3) is 4.24. The zero-order valence-corrected chi connectivity index (χ0v) is 14.7. The molecule has 2 fully saturated rings. The van der Waals surface area contributed by atoms with Gasteiger partial charge in [-0.3, -0.25) is 9.59 Å². The van der Waals surface area contributed by atoms with E-state index in [-0.39, 0.29) is 12.6 Å². The highest BCUT2D eigenvalue weighted by atomic mass is 16.5. The smallest absolute Gasteiger partial charge is 0.306 e. The van der Waals surface area contributed by atoms with Crippen LogP contribution in [0.4, 0.5) is 5.69 Å². The zero-order chi connectivity index (χ0) is 17.8. The van der Waals surface area contributed by atoms with Gasteiger partial charge < -0.3 is 19.5 Å². The summed E-state index contributed by atoms with van der Waals surface area (Å²) >= 11 is 0. The van der Waals surface area contributed by atoms with E-state index in [0.717, 1.165) is 12.3 Å². The number of carbonyl (C=O) groups is 2. The number of hydrogen-bond acceptors (Lipinski definition) is 5. The number of hydrogen-bond donors (Lipinski definition) is 1. The van der Waals surface area contributed by atoms with Crippen molar-refractivity contribution in [3.05, 3.63) is 18.2 Å². The van der Waals surface area contributed by atoms with E-state index in [4.69, 9.17) is 14.2 Å². The first-order chi connectivity index (χ1) is 12.1. The van der Waals surface area contributed by atoms with Crippen molar-refractivity contribution < 1.29 is 23.8 Å². The number of fused-ring (bicyclic) bond motifs is 2. The number of esters is 1. The number of ether oxygens (including phenoxy) is 3. The maximum Gasteiger partial charge on any atom is 0.306 e. The molecule has 2 bridgehead atoms. The largest absolute Gasteiger partial charge is 0.497 e. The Morgan fingerprint density at radius 3 is 2.64 bits per heavy atom. The van der Waals surface area contributed by atoms with Crippen molar-refractivity contribution in [2.45, 2.75) is 32.1 Å². The van der Waals surface area contributed by atoms with E-state index < -0.39 is 5.91 Å². The Hall–Kier alpha value is -2.24. The summed E-state index contributed by atoms with van der Waals surface area (Å²) in [5.74, 6) is 2.34. The minimum Gasteiger partial charge on any atom is -0.497 e. The van der Waals surface area contributed by atoms with Crippen molar-refractivity contribution in [3.8, 4) is 11.5 Å². The molecule has 0 aromatic heterocycles. The van der Waals surface area contributed by atoms with Crippen LogP contribution in [-0.4, -0.2) is 32.7 Å². The standard InChI is InChI=1S/C19H25NO5/c1-23-15-5-6-17(24-2)16(10-15)20-18(21)11-25-19(22)9-14-8-12-3-4-13(14)7-12/h5-6,10,12-14H,3-4,7-9,11H2,1-2H3,(H,20,21)/t12-,13-,14-/m1/s1. The quantitative estimate of drug-likeness (QED) is 0.768. The number of rotatable bonds is 7. The molecule has 1 aromatic carbocycles. The second-order valence-electron chi connectivity index (χ2n) is 6.91. The summed E-state index contributed by atoms with van der Waals surface area (Å²) in [4.78, 5) is 24.1. The molecular weight excluding hydrogens is 322 g/mol. The van der Waals surface area contributed by atoms with Crippen LogP contribution < -0.4 is 14.8 Å². The van der Waals surface area contributed by atoms with Crippen LogP contribution in [0.3, 0.4) is 0 Å². The molecule has 0 unspecified atom stereocenters. The molecule has 3 rings (SSSR count). The minimum atomic E-state index is -0.396. The SMILES string of the molecule is COc1ccc(OC)c(NC(=O)COC(=O)C[C@H]2C[C@@H]3CC[C@@H]2C3)c1. The number of carbonyl (C=O) groups excluding carboxylic acids is 2. The van der Waals surface area contributed by atoms with Gasteiger partial charge in [-0.25, -0.2) is 0 Å². The van der Waals surface area contributed by atoms with E-state index in [1.54, 1.807) is 25.3 Å². The fourth-order valence-electron chi connectivity index (χ4n) is 4.14. The molecular formula is C19H25NO5. The minimum absolute atomic E-state index is 0.287. The summed E-state index contributed by atoms with van der Waals surface area (Å²) in [7, 11) is 3.07. The topological polar surface area (TPSA) is 73.9 Å². The monoisotopic (exact) mass is 347 g/mol. The Kier molecular flexibility index (Phi) is 5.46. The van der Waals surface area contributed by atoms with E-state index in [1.165, 1.54) is 26.4 Å². The van der Waals surface area contributed by atoms with Crippen molar-refractivity contribution in [3.63, 3.8) is 0 Å². The maximum absolute atomic E-state index is 12.1. The van der Waals surface area contributed by atoms with Crippen LogP contribution in [0.5, 0.6) is 11.5 Å². The van der Waals surface area contributed by atoms with Crippen LogP contribution in [-0.2, 0) is 14.3 Å². The van der Waals surface area contributed by atoms with Gasteiger partial charge in [0.15, 0.2) is 6.61 Å². The highest BCUT2D eigenvalue weighted by Crippen LogP contribution is 2.49. The molecule has 1 aromatic rings. The normalized spacial score (nSPS) is 24.0. The van der Waals surface area contributed by atoms with Gasteiger partial charge >= 0.3 is 5.97 Å². The van der Waals surface area contributed by atoms with E-state index >= 15 is 0 Å². The molecule has 25 heavy (non-hydrogen) atoms. The van der Waals surface area contributed by atoms with Crippen molar-refractivity contribution in [2.24, 2.45) is 17.8 Å². The lowest BCUT2D eigenvalue weighted by Gasteiger charge is -2.20. The molecule has 2 aliphatic rings. The Balaban J connectivity index is 1.47. The summed E-state index contributed by atoms with van der Waals surface area (Å²) < 4.78 is 15.5. The Morgan fingerprint density at radius 2 is 2.00 bits per heavy atom. The molecule has 0 heterocycles. The molecule has 6 heteroatoms. The van der Waals surface area contributed by atoms with Gasteiger partial charge in [-0.05, 0) is 49.1 Å². The van der Waals surface area contributed by atoms with Crippen LogP contribution in [0.25, 0.3) is 0 Å². The van der Waals surface area contributed by atoms with Crippen molar-refractivity contribution >= 4 is 17.6 Å². The van der Waals surface area contributed by atoms with Crippen molar-refractivity contribution in [1.82, 2.24) is 0 Å². The first kappa shape index (κ1) is 17.6. The second kappa shape index (κ2) is 7.76. The summed E-state index contributed by atoms with van der Waals surface area (Å²) in [6, 6.07) is 5.10. The molecule has 6 nitrogen and oxygen atoms in total. The molecule has 0 aliphatic heterocycles. The predicted octanol–water partition coefficient (Wildman–Crippen LogP) is 3.01. The van der Waals surface area contributed by atoms with Crippen LogP contribution in [0, 0.1) is 17.8 Å². The highest BCUT2D eigenvalue weighted by molar-refractivity contribution is 5.94. The third-order valence-corrected chi connectivity index (χ3v) is 5.36. The number of nitrogens with one attached hydrogen (secondary N) is 1. The summed E-state index contributed by atoms with van der Waals surface area (Å²) in [6.07, 6.45) is 5.36. The first-order valence-electron chi connectivity index (χ1n) is 8.76. The molecule has 2 aliphatic carbocycles. The van der Waals surface area contributed by atoms with Crippen LogP contribution in [0.1, 0.15) is 32.1 Å². The first-order valence-corrected chi connectivity index (χ1v) is 8.76. The van der Waals surface area contributed by atoms with Crippen LogP contribution >= 0.6 is 0 Å². The van der Waals surface area contributed by atoms with E-state index in [1.807, 2.05) is 0 Å². The average molecular weight is 347 g/mol. The third-order valence-electron chi connectivity index (χ3n) is 5.36. The number of amides is 1. The predicted molar refractivity (Wildman–Crippen MR) is 92.7 cm³/mol. The lowest BCUT2D eigenvalue weighted by Crippen LogP contribution is -2.23. The number of methoxy groups -OCH3 is 2. The number of anilines is 1. The van der Waals surface area contributed by atoms with Gasteiger partial charge in [0, 0.05) is 12.5 Å². The molecule has 0 spiro atoms. The summed E-state index contributed by atoms with van der Waals surface area (Å²) in [5.41, 5.74) is 0.482. The van der Waals surface area contributed by atoms with Gasteiger partial charge in [-0.2, -0.15) is 0 Å². The van der Waals surface area contributed by atoms with Gasteiger partial charge in [0.05, 0.1) is 19.9 Å². The average Bonchev–Trinajstić information content (AvgIpc) is 3.23. The van der Waals surface area contributed by atoms with Gasteiger partial charge in [0.1, 0.15) is 11.5 Å². The fraction of sp³-hybridized carbons (Fsp3) is 0.579. The number of benzene rings is 1. The van der Waals surface area contributed by atoms with Gasteiger partial charge in [0.2, 0.25) is 0 Å². The fourth-order valence-corrected chi connectivity index (χ4v) is 4.14. The Labute approximate surface area is 147 Å². The molecule has 1 N–H and O–H groups in total. The van der Waals surface area contributed by atoms with E-state index in [2.05, 4.69) is 5.32 Å². The highest BCUT2D eigenvalue weighted by Gasteiger charge is 2.40. The molecule has 1 amide bonds. The van der Waals surface area contributed by atoms with Gasteiger partial charge in [-0.15, -0.1) is 0 Å². The van der Waals surface area contributed by atoms with E-state index in [0.29, 0.717) is 35.4 Å². The maximum atomic E-state index is 12.1. The zero-order valence-electron chi connectivity index (χ0n) is 14.7. The summed E-state index contributed by atoms with van der Waals surface area (Å²) in [5, 5.41) is 2.69. The Bertz CT molecular complexity index is 645. The lowest BCUT2D eigenvalue weighted by molar-refractivity contribution is -0.148. The van der Waals surface area contributed by atoms with Gasteiger partial charge in [-0.1, -0.05) is 6.42 Å². The van der Waals surface area contributed by atoms with Crippen LogP contribution in [0.2, 0.25) is 0 Å². The van der Waals surface area contributed by atoms with Crippen molar-refractivity contribution in [1.29, 1.82) is 0 Å². The molecule has 0 radical (unpaired) electrons. The molecule has 2 saturated carbocycles. The summed E-state index contributed by atoms with van der Waals surface area (Å²) in [6.45, 7) is -0.292. The molecule has 3 atom stereocenters. The van der Waals surface area contributed by atoms with Crippen LogP contribution in [0.15, 0.2) is 18.2 Å². The van der Waals surface area contributed by atoms with E-state index in [9.17, 15) is 9.59 Å². The second-order valence-corrected chi connectivity index (χ2v) is 6.91. The van der Waals surface area contributed by atoms with Gasteiger partial charge in [0.25, 0.3) is 5.91 Å². The molecule has 0 saturated heterocycles. The molecule has 136 valence electrons.